The molecule has 2 aliphatic rings. The second-order valence-corrected chi connectivity index (χ2v) is 9.05. The van der Waals surface area contributed by atoms with Gasteiger partial charge in [-0.15, -0.1) is 0 Å². The van der Waals surface area contributed by atoms with Gasteiger partial charge in [0, 0.05) is 6.61 Å². The summed E-state index contributed by atoms with van der Waals surface area (Å²) >= 11 is 0. The predicted molar refractivity (Wildman–Crippen MR) is 112 cm³/mol. The topological polar surface area (TPSA) is 33.0 Å². The summed E-state index contributed by atoms with van der Waals surface area (Å²) in [7, 11) is 0. The maximum Gasteiger partial charge on any atom is 0.416 e. The van der Waals surface area contributed by atoms with Crippen LogP contribution in [-0.2, 0) is 10.9 Å². The fourth-order valence-electron chi connectivity index (χ4n) is 4.96. The minimum atomic E-state index is -4.28. The molecule has 170 valence electrons. The second-order valence-electron chi connectivity index (χ2n) is 9.05. The monoisotopic (exact) mass is 437 g/mol. The lowest BCUT2D eigenvalue weighted by Crippen LogP contribution is -2.25. The molecule has 1 aromatic carbocycles. The van der Waals surface area contributed by atoms with E-state index in [4.69, 9.17) is 10.00 Å². The number of benzene rings is 1. The molecule has 0 radical (unpaired) electrons. The van der Waals surface area contributed by atoms with Crippen molar-refractivity contribution in [3.05, 3.63) is 47.3 Å². The number of hydrogen-bond acceptors (Lipinski definition) is 2. The van der Waals surface area contributed by atoms with Gasteiger partial charge in [0.05, 0.1) is 11.7 Å². The van der Waals surface area contributed by atoms with Gasteiger partial charge in [0.2, 0.25) is 0 Å². The molecule has 0 N–H and O–H groups in total. The first-order chi connectivity index (χ1) is 14.8. The molecule has 2 saturated carbocycles. The van der Waals surface area contributed by atoms with Crippen molar-refractivity contribution in [3.63, 3.8) is 0 Å². The standard InChI is InChI=1S/C25H31F4NO/c26-23(16-30)3-1-2-18-6-14-24(15-7-18)31-17-19-4-8-20(9-5-19)21-10-12-22(13-11-21)25(27,28)29/h3,10-13,18-20,24H,1-2,4-9,14-15,17H2/b23-3-/t18-,19-,20-,24-. The van der Waals surface area contributed by atoms with E-state index in [0.29, 0.717) is 30.3 Å². The van der Waals surface area contributed by atoms with Crippen LogP contribution >= 0.6 is 0 Å². The van der Waals surface area contributed by atoms with E-state index in [-0.39, 0.29) is 0 Å². The molecule has 2 nitrogen and oxygen atoms in total. The van der Waals surface area contributed by atoms with Crippen LogP contribution in [0.1, 0.15) is 81.3 Å². The minimum Gasteiger partial charge on any atom is -0.378 e. The Balaban J connectivity index is 1.33. The lowest BCUT2D eigenvalue weighted by molar-refractivity contribution is -0.137. The highest BCUT2D eigenvalue weighted by Gasteiger charge is 2.31. The van der Waals surface area contributed by atoms with E-state index >= 15 is 0 Å². The van der Waals surface area contributed by atoms with Crippen LogP contribution in [0.5, 0.6) is 0 Å². The molecular weight excluding hydrogens is 406 g/mol. The molecule has 31 heavy (non-hydrogen) atoms. The smallest absolute Gasteiger partial charge is 0.378 e. The maximum atomic E-state index is 12.8. The summed E-state index contributed by atoms with van der Waals surface area (Å²) in [5.41, 5.74) is 0.425. The van der Waals surface area contributed by atoms with E-state index in [2.05, 4.69) is 0 Å². The number of allylic oxidation sites excluding steroid dienone is 2. The molecule has 0 amide bonds. The van der Waals surface area contributed by atoms with Crippen molar-refractivity contribution in [1.82, 2.24) is 0 Å². The van der Waals surface area contributed by atoms with Gasteiger partial charge in [-0.3, -0.25) is 0 Å². The first-order valence-electron chi connectivity index (χ1n) is 11.4. The van der Waals surface area contributed by atoms with Crippen molar-refractivity contribution in [2.75, 3.05) is 6.61 Å². The third kappa shape index (κ3) is 7.35. The Morgan fingerprint density at radius 1 is 0.968 bits per heavy atom. The number of nitriles is 1. The van der Waals surface area contributed by atoms with E-state index < -0.39 is 17.6 Å². The zero-order chi connectivity index (χ0) is 22.3. The lowest BCUT2D eigenvalue weighted by Gasteiger charge is -2.32. The normalized spacial score (nSPS) is 27.6. The van der Waals surface area contributed by atoms with Crippen LogP contribution in [-0.4, -0.2) is 12.7 Å². The third-order valence-corrected chi connectivity index (χ3v) is 6.92. The van der Waals surface area contributed by atoms with E-state index in [1.807, 2.05) is 0 Å². The number of halogens is 4. The van der Waals surface area contributed by atoms with E-state index in [1.165, 1.54) is 24.3 Å². The third-order valence-electron chi connectivity index (χ3n) is 6.92. The molecule has 0 bridgehead atoms. The Bertz CT molecular complexity index is 749. The minimum absolute atomic E-state index is 0.301. The summed E-state index contributed by atoms with van der Waals surface area (Å²) in [4.78, 5) is 0. The molecular formula is C25H31F4NO. The summed E-state index contributed by atoms with van der Waals surface area (Å²) in [6, 6.07) is 7.16. The van der Waals surface area contributed by atoms with Crippen LogP contribution in [0.4, 0.5) is 17.6 Å². The predicted octanol–water partition coefficient (Wildman–Crippen LogP) is 7.71. The van der Waals surface area contributed by atoms with Crippen molar-refractivity contribution in [3.8, 4) is 6.07 Å². The summed E-state index contributed by atoms with van der Waals surface area (Å²) in [6.45, 7) is 0.769. The molecule has 0 aromatic heterocycles. The Morgan fingerprint density at radius 2 is 1.58 bits per heavy atom. The molecule has 0 aliphatic heterocycles. The lowest BCUT2D eigenvalue weighted by atomic mass is 9.79. The molecule has 2 fully saturated rings. The van der Waals surface area contributed by atoms with Crippen molar-refractivity contribution in [2.45, 2.75) is 82.4 Å². The van der Waals surface area contributed by atoms with E-state index in [1.54, 1.807) is 12.1 Å². The van der Waals surface area contributed by atoms with E-state index in [9.17, 15) is 17.6 Å². The molecule has 0 saturated heterocycles. The van der Waals surface area contributed by atoms with Gasteiger partial charge >= 0.3 is 6.18 Å². The number of nitrogens with zero attached hydrogens (tertiary/aromatic N) is 1. The van der Waals surface area contributed by atoms with Crippen LogP contribution in [0.2, 0.25) is 0 Å². The molecule has 0 spiro atoms. The number of ether oxygens (including phenoxy) is 1. The quantitative estimate of drug-likeness (QED) is 0.323. The summed E-state index contributed by atoms with van der Waals surface area (Å²) in [6.07, 6.45) is 7.31. The Hall–Kier alpha value is -1.87. The van der Waals surface area contributed by atoms with Crippen LogP contribution in [0, 0.1) is 23.2 Å². The average molecular weight is 438 g/mol. The van der Waals surface area contributed by atoms with Crippen LogP contribution < -0.4 is 0 Å². The first-order valence-corrected chi connectivity index (χ1v) is 11.4. The van der Waals surface area contributed by atoms with Gasteiger partial charge in [0.1, 0.15) is 6.07 Å². The van der Waals surface area contributed by atoms with Gasteiger partial charge in [-0.05, 0) is 106 Å². The van der Waals surface area contributed by atoms with Crippen molar-refractivity contribution < 1.29 is 22.3 Å². The highest BCUT2D eigenvalue weighted by atomic mass is 19.4. The molecule has 0 unspecified atom stereocenters. The zero-order valence-electron chi connectivity index (χ0n) is 17.8. The van der Waals surface area contributed by atoms with Gasteiger partial charge in [0.15, 0.2) is 5.83 Å². The SMILES string of the molecule is N#C/C(F)=C/CC[C@H]1CC[C@H](OC[C@H]2CC[C@H](c3ccc(C(F)(F)F)cc3)CC2)CC1. The summed E-state index contributed by atoms with van der Waals surface area (Å²) in [5.74, 6) is 0.767. The zero-order valence-corrected chi connectivity index (χ0v) is 17.8. The fourth-order valence-corrected chi connectivity index (χ4v) is 4.96. The Morgan fingerprint density at radius 3 is 2.16 bits per heavy atom. The Kier molecular flexibility index (Phi) is 8.54. The van der Waals surface area contributed by atoms with Gasteiger partial charge in [-0.2, -0.15) is 22.8 Å². The van der Waals surface area contributed by atoms with Gasteiger partial charge < -0.3 is 4.74 Å². The van der Waals surface area contributed by atoms with Gasteiger partial charge in [0.25, 0.3) is 0 Å². The van der Waals surface area contributed by atoms with Crippen LogP contribution in [0.25, 0.3) is 0 Å². The molecule has 1 aromatic rings. The van der Waals surface area contributed by atoms with Crippen molar-refractivity contribution >= 4 is 0 Å². The second kappa shape index (κ2) is 11.1. The first kappa shape index (κ1) is 23.8. The summed E-state index contributed by atoms with van der Waals surface area (Å²) in [5, 5.41) is 8.43. The van der Waals surface area contributed by atoms with Gasteiger partial charge in [-0.1, -0.05) is 12.1 Å². The molecule has 3 rings (SSSR count). The van der Waals surface area contributed by atoms with E-state index in [0.717, 1.165) is 70.0 Å². The average Bonchev–Trinajstić information content (AvgIpc) is 2.78. The maximum absolute atomic E-state index is 12.8. The number of alkyl halides is 3. The largest absolute Gasteiger partial charge is 0.416 e. The molecule has 6 heteroatoms. The molecule has 0 atom stereocenters. The fraction of sp³-hybridized carbons (Fsp3) is 0.640. The highest BCUT2D eigenvalue weighted by molar-refractivity contribution is 5.27. The van der Waals surface area contributed by atoms with Crippen molar-refractivity contribution in [2.24, 2.45) is 11.8 Å². The highest BCUT2D eigenvalue weighted by Crippen LogP contribution is 2.38. The van der Waals surface area contributed by atoms with Gasteiger partial charge in [-0.25, -0.2) is 0 Å². The van der Waals surface area contributed by atoms with Crippen LogP contribution in [0.3, 0.4) is 0 Å². The van der Waals surface area contributed by atoms with Crippen molar-refractivity contribution in [1.29, 1.82) is 5.26 Å². The molecule has 2 aliphatic carbocycles. The summed E-state index contributed by atoms with van der Waals surface area (Å²) < 4.78 is 57.2. The number of hydrogen-bond donors (Lipinski definition) is 0. The Labute approximate surface area is 182 Å². The van der Waals surface area contributed by atoms with Crippen LogP contribution in [0.15, 0.2) is 36.2 Å². The number of rotatable bonds is 7. The molecule has 0 heterocycles.